The maximum absolute atomic E-state index is 13.9. The Labute approximate surface area is 245 Å². The van der Waals surface area contributed by atoms with Crippen LogP contribution in [0.4, 0.5) is 13.2 Å². The Morgan fingerprint density at radius 2 is 2.05 bits per heavy atom. The van der Waals surface area contributed by atoms with Gasteiger partial charge < -0.3 is 14.6 Å². The first kappa shape index (κ1) is 30.7. The topological polar surface area (TPSA) is 106 Å². The molecule has 1 aliphatic carbocycles. The Morgan fingerprint density at radius 1 is 1.26 bits per heavy atom. The Kier molecular flexibility index (Phi) is 9.33. The Hall–Kier alpha value is -4.21. The van der Waals surface area contributed by atoms with Crippen molar-refractivity contribution < 1.29 is 41.0 Å². The van der Waals surface area contributed by atoms with E-state index in [9.17, 15) is 26.4 Å². The molecule has 0 fully saturated rings. The summed E-state index contributed by atoms with van der Waals surface area (Å²) in [5.74, 6) is 1.29. The minimum atomic E-state index is -4.76. The number of benzene rings is 1. The summed E-state index contributed by atoms with van der Waals surface area (Å²) in [6, 6.07) is 3.00. The molecule has 0 atom stereocenters. The van der Waals surface area contributed by atoms with Gasteiger partial charge in [0.2, 0.25) is 0 Å². The number of halogens is 4. The number of aromatic nitrogens is 1. The van der Waals surface area contributed by atoms with Crippen molar-refractivity contribution in [1.29, 1.82) is 0 Å². The molecule has 1 N–H and O–H groups in total. The fourth-order valence-electron chi connectivity index (χ4n) is 4.17. The second-order valence-corrected chi connectivity index (χ2v) is 11.4. The summed E-state index contributed by atoms with van der Waals surface area (Å²) in [5, 5.41) is 8.85. The molecule has 0 spiro atoms. The molecule has 1 aromatic carbocycles. The number of sulfonamides is 1. The average Bonchev–Trinajstić information content (AvgIpc) is 2.95. The highest BCUT2D eigenvalue weighted by atomic mass is 35.5. The number of allylic oxidation sites excluding steroid dienone is 4. The van der Waals surface area contributed by atoms with Crippen LogP contribution < -0.4 is 4.74 Å². The van der Waals surface area contributed by atoms with Crippen LogP contribution in [-0.4, -0.2) is 35.4 Å². The number of hydrogen-bond acceptors (Lipinski definition) is 6. The van der Waals surface area contributed by atoms with Gasteiger partial charge in [-0.05, 0) is 31.4 Å². The molecule has 1 aliphatic heterocycles. The van der Waals surface area contributed by atoms with Crippen molar-refractivity contribution in [2.24, 2.45) is 0 Å². The van der Waals surface area contributed by atoms with E-state index in [0.29, 0.717) is 18.2 Å². The number of hydrogen-bond donors (Lipinski definition) is 1. The zero-order chi connectivity index (χ0) is 30.5. The number of pyridine rings is 1. The third kappa shape index (κ3) is 7.16. The van der Waals surface area contributed by atoms with Gasteiger partial charge >= 0.3 is 12.1 Å². The van der Waals surface area contributed by atoms with Crippen molar-refractivity contribution in [3.8, 4) is 29.2 Å². The molecule has 0 saturated heterocycles. The standard InChI is InChI=1S/C29H24ClF3N2O6S/c1-2-20-14-27(29(31,32)33)34-17-23(20)22-15-26(25(16-24(22)30)41-11-6-9-28(36)37)42(38,39)35-10-12-40-21(18-35)13-19-7-4-3-5-8-19/h1,3-4,7,10,12,14-18H,5-6,8-9,11,13H2,(H,36,37). The molecule has 8 nitrogen and oxygen atoms in total. The predicted molar refractivity (Wildman–Crippen MR) is 148 cm³/mol. The molecular weight excluding hydrogens is 597 g/mol. The maximum Gasteiger partial charge on any atom is 0.433 e. The van der Waals surface area contributed by atoms with E-state index in [1.807, 2.05) is 18.2 Å². The third-order valence-electron chi connectivity index (χ3n) is 6.22. The summed E-state index contributed by atoms with van der Waals surface area (Å²) in [6.45, 7) is -0.149. The number of terminal acetylenes is 1. The molecule has 2 aliphatic rings. The fourth-order valence-corrected chi connectivity index (χ4v) is 5.76. The average molecular weight is 621 g/mol. The minimum Gasteiger partial charge on any atom is -0.492 e. The van der Waals surface area contributed by atoms with Gasteiger partial charge in [0, 0.05) is 41.8 Å². The molecule has 2 heterocycles. The molecule has 0 radical (unpaired) electrons. The van der Waals surface area contributed by atoms with Gasteiger partial charge in [-0.15, -0.1) is 6.42 Å². The van der Waals surface area contributed by atoms with Gasteiger partial charge in [-0.2, -0.15) is 13.2 Å². The van der Waals surface area contributed by atoms with E-state index in [1.54, 1.807) is 0 Å². The quantitative estimate of drug-likeness (QED) is 0.234. The lowest BCUT2D eigenvalue weighted by molar-refractivity contribution is -0.141. The van der Waals surface area contributed by atoms with Crippen LogP contribution in [0.2, 0.25) is 5.02 Å². The number of nitrogens with zero attached hydrogens (tertiary/aromatic N) is 2. The largest absolute Gasteiger partial charge is 0.492 e. The van der Waals surface area contributed by atoms with Crippen LogP contribution in [0.15, 0.2) is 77.5 Å². The number of alkyl halides is 3. The van der Waals surface area contributed by atoms with Crippen LogP contribution >= 0.6 is 11.6 Å². The first-order valence-corrected chi connectivity index (χ1v) is 14.4. The Morgan fingerprint density at radius 3 is 2.71 bits per heavy atom. The van der Waals surface area contributed by atoms with Crippen molar-refractivity contribution in [2.75, 3.05) is 6.61 Å². The molecule has 1 aromatic heterocycles. The van der Waals surface area contributed by atoms with Gasteiger partial charge in [-0.3, -0.25) is 9.78 Å². The summed E-state index contributed by atoms with van der Waals surface area (Å²) in [7, 11) is -4.41. The molecule has 2 aromatic rings. The van der Waals surface area contributed by atoms with Crippen LogP contribution in [0, 0.1) is 12.3 Å². The molecule has 0 saturated carbocycles. The molecule has 0 unspecified atom stereocenters. The molecule has 220 valence electrons. The predicted octanol–water partition coefficient (Wildman–Crippen LogP) is 6.65. The molecule has 0 bridgehead atoms. The monoisotopic (exact) mass is 620 g/mol. The maximum atomic E-state index is 13.9. The van der Waals surface area contributed by atoms with Crippen molar-refractivity contribution in [3.05, 3.63) is 88.9 Å². The Bertz CT molecular complexity index is 1660. The van der Waals surface area contributed by atoms with Crippen molar-refractivity contribution in [3.63, 3.8) is 0 Å². The van der Waals surface area contributed by atoms with Gasteiger partial charge in [-0.1, -0.05) is 41.3 Å². The van der Waals surface area contributed by atoms with E-state index >= 15 is 0 Å². The van der Waals surface area contributed by atoms with Crippen molar-refractivity contribution in [2.45, 2.75) is 43.2 Å². The number of carbonyl (C=O) groups is 1. The SMILES string of the molecule is C#Cc1cc(C(F)(F)F)ncc1-c1cc(S(=O)(=O)N2C=COC(CC3=CC=CCC3)=C2)c(OCCCC(=O)O)cc1Cl. The van der Waals surface area contributed by atoms with Crippen molar-refractivity contribution in [1.82, 2.24) is 9.29 Å². The van der Waals surface area contributed by atoms with Crippen LogP contribution in [-0.2, 0) is 25.7 Å². The molecule has 42 heavy (non-hydrogen) atoms. The normalized spacial score (nSPS) is 15.0. The summed E-state index contributed by atoms with van der Waals surface area (Å²) in [5.41, 5.74) is -0.384. The molecular formula is C29H24ClF3N2O6S. The van der Waals surface area contributed by atoms with Crippen LogP contribution in [0.3, 0.4) is 0 Å². The zero-order valence-corrected chi connectivity index (χ0v) is 23.5. The highest BCUT2D eigenvalue weighted by Crippen LogP contribution is 2.40. The van der Waals surface area contributed by atoms with Crippen LogP contribution in [0.1, 0.15) is 43.4 Å². The first-order valence-electron chi connectivity index (χ1n) is 12.5. The molecule has 4 rings (SSSR count). The number of aliphatic carboxylic acids is 1. The number of ether oxygens (including phenoxy) is 2. The fraction of sp³-hybridized carbons (Fsp3) is 0.241. The molecule has 13 heteroatoms. The Balaban J connectivity index is 1.78. The van der Waals surface area contributed by atoms with Crippen LogP contribution in [0.25, 0.3) is 11.1 Å². The zero-order valence-electron chi connectivity index (χ0n) is 21.9. The smallest absolute Gasteiger partial charge is 0.433 e. The number of rotatable bonds is 10. The second-order valence-electron chi connectivity index (χ2n) is 9.18. The minimum absolute atomic E-state index is 0.00268. The van der Waals surface area contributed by atoms with E-state index in [-0.39, 0.29) is 51.8 Å². The summed E-state index contributed by atoms with van der Waals surface area (Å²) < 4.78 is 79.8. The summed E-state index contributed by atoms with van der Waals surface area (Å²) >= 11 is 6.47. The van der Waals surface area contributed by atoms with Gasteiger partial charge in [0.15, 0.2) is 0 Å². The van der Waals surface area contributed by atoms with Gasteiger partial charge in [0.05, 0.1) is 24.0 Å². The molecule has 0 amide bonds. The highest BCUT2D eigenvalue weighted by Gasteiger charge is 2.34. The first-order chi connectivity index (χ1) is 19.9. The number of carboxylic acid groups (broad SMARTS) is 1. The van der Waals surface area contributed by atoms with Crippen LogP contribution in [0.5, 0.6) is 5.75 Å². The van der Waals surface area contributed by atoms with Gasteiger partial charge in [0.25, 0.3) is 10.0 Å². The summed E-state index contributed by atoms with van der Waals surface area (Å²) in [6.07, 6.45) is 13.0. The lowest BCUT2D eigenvalue weighted by Crippen LogP contribution is -2.24. The summed E-state index contributed by atoms with van der Waals surface area (Å²) in [4.78, 5) is 14.0. The van der Waals surface area contributed by atoms with E-state index in [2.05, 4.69) is 10.9 Å². The third-order valence-corrected chi connectivity index (χ3v) is 8.19. The van der Waals surface area contributed by atoms with E-state index in [4.69, 9.17) is 32.6 Å². The lowest BCUT2D eigenvalue weighted by Gasteiger charge is -2.24. The van der Waals surface area contributed by atoms with Gasteiger partial charge in [0.1, 0.15) is 28.4 Å². The number of carboxylic acids is 1. The van der Waals surface area contributed by atoms with Crippen molar-refractivity contribution >= 4 is 27.6 Å². The van der Waals surface area contributed by atoms with E-state index < -0.39 is 27.9 Å². The van der Waals surface area contributed by atoms with E-state index in [1.165, 1.54) is 24.7 Å². The van der Waals surface area contributed by atoms with Gasteiger partial charge in [-0.25, -0.2) is 12.7 Å². The lowest BCUT2D eigenvalue weighted by atomic mass is 10.0. The second kappa shape index (κ2) is 12.8. The highest BCUT2D eigenvalue weighted by molar-refractivity contribution is 7.89. The van der Waals surface area contributed by atoms with E-state index in [0.717, 1.165) is 35.0 Å².